The van der Waals surface area contributed by atoms with E-state index in [0.717, 1.165) is 0 Å². The lowest BCUT2D eigenvalue weighted by Crippen LogP contribution is -2.23. The normalized spacial score (nSPS) is 14.6. The summed E-state index contributed by atoms with van der Waals surface area (Å²) >= 11 is 0. The second-order valence-electron chi connectivity index (χ2n) is 5.55. The predicted octanol–water partition coefficient (Wildman–Crippen LogP) is 1.42. The number of carbonyl (C=O) groups excluding carboxylic acids is 2. The number of nitrogens with one attached hydrogen (secondary N) is 1. The van der Waals surface area contributed by atoms with Crippen LogP contribution in [0, 0.1) is 0 Å². The van der Waals surface area contributed by atoms with Crippen LogP contribution in [0.5, 0.6) is 0 Å². The number of fused-ring (bicyclic) bond motifs is 1. The summed E-state index contributed by atoms with van der Waals surface area (Å²) in [6.45, 7) is 1.74. The third-order valence-electron chi connectivity index (χ3n) is 3.79. The van der Waals surface area contributed by atoms with Gasteiger partial charge >= 0.3 is 5.97 Å². The van der Waals surface area contributed by atoms with Gasteiger partial charge in [0.1, 0.15) is 23.6 Å². The number of hydrogen-bond acceptors (Lipinski definition) is 7. The zero-order valence-electron chi connectivity index (χ0n) is 12.8. The van der Waals surface area contributed by atoms with Crippen molar-refractivity contribution in [3.05, 3.63) is 35.1 Å². The molecule has 1 amide bonds. The van der Waals surface area contributed by atoms with Crippen molar-refractivity contribution in [2.24, 2.45) is 0 Å². The summed E-state index contributed by atoms with van der Waals surface area (Å²) in [4.78, 5) is 42.8. The van der Waals surface area contributed by atoms with Crippen LogP contribution in [-0.4, -0.2) is 37.9 Å². The van der Waals surface area contributed by atoms with Gasteiger partial charge in [-0.15, -0.1) is 0 Å². The van der Waals surface area contributed by atoms with Crippen molar-refractivity contribution in [3.8, 4) is 0 Å². The molecule has 0 fully saturated rings. The zero-order valence-corrected chi connectivity index (χ0v) is 12.8. The molecule has 1 aliphatic heterocycles. The van der Waals surface area contributed by atoms with Crippen molar-refractivity contribution in [1.29, 1.82) is 0 Å². The summed E-state index contributed by atoms with van der Waals surface area (Å²) in [5.74, 6) is -1.24. The number of ketones is 1. The van der Waals surface area contributed by atoms with Crippen LogP contribution in [0.2, 0.25) is 0 Å². The highest BCUT2D eigenvalue weighted by Gasteiger charge is 2.25. The molecule has 9 heteroatoms. The van der Waals surface area contributed by atoms with Gasteiger partial charge in [0, 0.05) is 30.4 Å². The Bertz CT molecular complexity index is 829. The van der Waals surface area contributed by atoms with Crippen molar-refractivity contribution in [1.82, 2.24) is 15.1 Å². The average Bonchev–Trinajstić information content (AvgIpc) is 3.04. The van der Waals surface area contributed by atoms with Gasteiger partial charge in [-0.25, -0.2) is 14.8 Å². The molecule has 2 aromatic heterocycles. The van der Waals surface area contributed by atoms with E-state index < -0.39 is 5.97 Å². The quantitative estimate of drug-likeness (QED) is 0.786. The van der Waals surface area contributed by atoms with E-state index in [2.05, 4.69) is 20.4 Å². The number of carboxylic acids is 1. The van der Waals surface area contributed by atoms with Crippen molar-refractivity contribution < 1.29 is 24.0 Å². The van der Waals surface area contributed by atoms with Gasteiger partial charge in [0.15, 0.2) is 11.5 Å². The Morgan fingerprint density at radius 2 is 2.17 bits per heavy atom. The average molecular weight is 330 g/mol. The Hall–Kier alpha value is -3.10. The number of aromatic carboxylic acids is 1. The van der Waals surface area contributed by atoms with Gasteiger partial charge in [-0.1, -0.05) is 12.1 Å². The topological polar surface area (TPSA) is 135 Å². The fourth-order valence-corrected chi connectivity index (χ4v) is 2.53. The maximum Gasteiger partial charge on any atom is 0.358 e. The largest absolute Gasteiger partial charge is 0.476 e. The zero-order chi connectivity index (χ0) is 17.3. The first-order chi connectivity index (χ1) is 11.5. The van der Waals surface area contributed by atoms with E-state index >= 15 is 0 Å². The summed E-state index contributed by atoms with van der Waals surface area (Å²) < 4.78 is 4.98. The van der Waals surface area contributed by atoms with Crippen LogP contribution in [0.25, 0.3) is 0 Å². The SMILES string of the molecule is C[C@@H](CC(=O)c1ncnc2c1CCC(=O)N2)c1cc(C(=O)O)no1. The third-order valence-corrected chi connectivity index (χ3v) is 3.79. The molecule has 2 aromatic rings. The van der Waals surface area contributed by atoms with Crippen LogP contribution < -0.4 is 5.32 Å². The molecule has 0 bridgehead atoms. The van der Waals surface area contributed by atoms with Gasteiger partial charge < -0.3 is 14.9 Å². The molecule has 24 heavy (non-hydrogen) atoms. The number of carboxylic acid groups (broad SMARTS) is 1. The molecule has 0 aromatic carbocycles. The summed E-state index contributed by atoms with van der Waals surface area (Å²) in [5.41, 5.74) is 0.689. The number of carbonyl (C=O) groups is 3. The molecule has 0 radical (unpaired) electrons. The molecule has 0 unspecified atom stereocenters. The Balaban J connectivity index is 1.78. The molecule has 3 rings (SSSR count). The summed E-state index contributed by atoms with van der Waals surface area (Å²) in [5, 5.41) is 14.9. The third kappa shape index (κ3) is 3.00. The van der Waals surface area contributed by atoms with E-state index in [1.54, 1.807) is 6.92 Å². The first kappa shape index (κ1) is 15.8. The smallest absolute Gasteiger partial charge is 0.358 e. The van der Waals surface area contributed by atoms with E-state index in [9.17, 15) is 14.4 Å². The van der Waals surface area contributed by atoms with Crippen LogP contribution in [0.4, 0.5) is 5.82 Å². The number of nitrogens with zero attached hydrogens (tertiary/aromatic N) is 3. The van der Waals surface area contributed by atoms with E-state index in [1.165, 1.54) is 12.4 Å². The van der Waals surface area contributed by atoms with Crippen molar-refractivity contribution in [2.75, 3.05) is 5.32 Å². The Morgan fingerprint density at radius 1 is 1.38 bits per heavy atom. The van der Waals surface area contributed by atoms with E-state index in [-0.39, 0.29) is 41.8 Å². The molecule has 0 spiro atoms. The first-order valence-corrected chi connectivity index (χ1v) is 7.32. The maximum atomic E-state index is 12.5. The minimum atomic E-state index is -1.19. The number of anilines is 1. The van der Waals surface area contributed by atoms with Gasteiger partial charge in [0.2, 0.25) is 5.91 Å². The van der Waals surface area contributed by atoms with Crippen LogP contribution in [0.1, 0.15) is 58.0 Å². The fraction of sp³-hybridized carbons (Fsp3) is 0.333. The van der Waals surface area contributed by atoms with Gasteiger partial charge in [-0.05, 0) is 6.42 Å². The monoisotopic (exact) mass is 330 g/mol. The lowest BCUT2D eigenvalue weighted by Gasteiger charge is -2.17. The lowest BCUT2D eigenvalue weighted by atomic mass is 9.95. The number of hydrogen-bond donors (Lipinski definition) is 2. The standard InChI is InChI=1S/C15H14N4O5/c1-7(11-5-9(15(22)23)19-24-11)4-10(20)13-8-2-3-12(21)18-14(8)17-6-16-13/h5-7H,2-4H2,1H3,(H,22,23)(H,16,17,18,21)/t7-/m0/s1. The molecule has 2 N–H and O–H groups in total. The molecule has 1 atom stereocenters. The highest BCUT2D eigenvalue weighted by atomic mass is 16.5. The molecule has 3 heterocycles. The minimum Gasteiger partial charge on any atom is -0.476 e. The molecule has 0 saturated heterocycles. The van der Waals surface area contributed by atoms with Gasteiger partial charge in [0.25, 0.3) is 0 Å². The van der Waals surface area contributed by atoms with Crippen LogP contribution in [0.15, 0.2) is 16.9 Å². The number of aromatic nitrogens is 3. The number of Topliss-reactive ketones (excluding diaryl/α,β-unsaturated/α-hetero) is 1. The van der Waals surface area contributed by atoms with Crippen LogP contribution in [0.3, 0.4) is 0 Å². The first-order valence-electron chi connectivity index (χ1n) is 7.32. The molecule has 0 saturated carbocycles. The van der Waals surface area contributed by atoms with Crippen molar-refractivity contribution in [2.45, 2.75) is 32.1 Å². The van der Waals surface area contributed by atoms with Gasteiger partial charge in [-0.2, -0.15) is 0 Å². The molecule has 1 aliphatic rings. The van der Waals surface area contributed by atoms with E-state index in [1.807, 2.05) is 0 Å². The fourth-order valence-electron chi connectivity index (χ4n) is 2.53. The predicted molar refractivity (Wildman–Crippen MR) is 79.8 cm³/mol. The Morgan fingerprint density at radius 3 is 2.88 bits per heavy atom. The highest BCUT2D eigenvalue weighted by Crippen LogP contribution is 2.26. The van der Waals surface area contributed by atoms with Gasteiger partial charge in [-0.3, -0.25) is 9.59 Å². The molecular formula is C15H14N4O5. The maximum absolute atomic E-state index is 12.5. The Labute approximate surface area is 136 Å². The summed E-state index contributed by atoms with van der Waals surface area (Å²) in [6, 6.07) is 1.30. The van der Waals surface area contributed by atoms with E-state index in [4.69, 9.17) is 9.63 Å². The lowest BCUT2D eigenvalue weighted by molar-refractivity contribution is -0.116. The molecular weight excluding hydrogens is 316 g/mol. The summed E-state index contributed by atoms with van der Waals surface area (Å²) in [6.07, 6.45) is 1.99. The second-order valence-corrected chi connectivity index (χ2v) is 5.55. The van der Waals surface area contributed by atoms with Crippen LogP contribution >= 0.6 is 0 Å². The number of amides is 1. The number of rotatable bonds is 5. The van der Waals surface area contributed by atoms with E-state index in [0.29, 0.717) is 23.6 Å². The second kappa shape index (κ2) is 6.19. The van der Waals surface area contributed by atoms with Crippen molar-refractivity contribution >= 4 is 23.5 Å². The molecule has 9 nitrogen and oxygen atoms in total. The van der Waals surface area contributed by atoms with Gasteiger partial charge in [0.05, 0.1) is 0 Å². The Kier molecular flexibility index (Phi) is 4.07. The van der Waals surface area contributed by atoms with Crippen molar-refractivity contribution in [3.63, 3.8) is 0 Å². The minimum absolute atomic E-state index is 0.0751. The molecule has 0 aliphatic carbocycles. The highest BCUT2D eigenvalue weighted by molar-refractivity contribution is 6.00. The molecule has 124 valence electrons. The summed E-state index contributed by atoms with van der Waals surface area (Å²) in [7, 11) is 0. The van der Waals surface area contributed by atoms with Crippen LogP contribution in [-0.2, 0) is 11.2 Å².